The average Bonchev–Trinajstić information content (AvgIpc) is 2.66. The maximum Gasteiger partial charge on any atom is 0.329 e. The maximum absolute atomic E-state index is 12.1. The van der Waals surface area contributed by atoms with Crippen LogP contribution in [-0.2, 0) is 14.3 Å². The van der Waals surface area contributed by atoms with E-state index in [-0.39, 0.29) is 12.0 Å². The highest BCUT2D eigenvalue weighted by molar-refractivity contribution is 5.88. The van der Waals surface area contributed by atoms with Crippen LogP contribution in [0.3, 0.4) is 0 Å². The van der Waals surface area contributed by atoms with Gasteiger partial charge in [-0.3, -0.25) is 4.79 Å². The number of ether oxygens (including phenoxy) is 1. The number of carbonyl (C=O) groups excluding carboxylic acids is 1. The summed E-state index contributed by atoms with van der Waals surface area (Å²) in [4.78, 5) is 23.3. The standard InChI is InChI=1S/C15H27NO4/c1-4-15(3,14(18)19)16-13(17)11(2)20-12-9-7-5-6-8-10-12/h11-12H,4-10H2,1-3H3,(H,16,17)(H,18,19). The van der Waals surface area contributed by atoms with Gasteiger partial charge in [0.2, 0.25) is 5.91 Å². The number of carboxylic acids is 1. The first-order valence-electron chi connectivity index (χ1n) is 7.60. The first-order chi connectivity index (χ1) is 9.39. The van der Waals surface area contributed by atoms with Crippen LogP contribution in [0.2, 0.25) is 0 Å². The number of hydrogen-bond acceptors (Lipinski definition) is 3. The molecule has 1 rings (SSSR count). The molecule has 2 N–H and O–H groups in total. The van der Waals surface area contributed by atoms with Crippen molar-refractivity contribution in [3.05, 3.63) is 0 Å². The van der Waals surface area contributed by atoms with Crippen LogP contribution >= 0.6 is 0 Å². The molecule has 1 saturated carbocycles. The Morgan fingerprint density at radius 1 is 1.30 bits per heavy atom. The van der Waals surface area contributed by atoms with Crippen LogP contribution in [0.15, 0.2) is 0 Å². The zero-order chi connectivity index (χ0) is 15.2. The fourth-order valence-electron chi connectivity index (χ4n) is 2.40. The second-order valence-corrected chi connectivity index (χ2v) is 5.87. The zero-order valence-corrected chi connectivity index (χ0v) is 12.8. The molecule has 0 saturated heterocycles. The molecule has 0 aliphatic heterocycles. The summed E-state index contributed by atoms with van der Waals surface area (Å²) in [6.07, 6.45) is 6.56. The van der Waals surface area contributed by atoms with E-state index in [1.165, 1.54) is 19.8 Å². The van der Waals surface area contributed by atoms with E-state index < -0.39 is 17.6 Å². The maximum atomic E-state index is 12.1. The Kier molecular flexibility index (Phi) is 6.46. The van der Waals surface area contributed by atoms with E-state index in [4.69, 9.17) is 9.84 Å². The molecule has 1 aliphatic carbocycles. The zero-order valence-electron chi connectivity index (χ0n) is 12.8. The highest BCUT2D eigenvalue weighted by Gasteiger charge is 2.34. The minimum absolute atomic E-state index is 0.121. The average molecular weight is 285 g/mol. The predicted molar refractivity (Wildman–Crippen MR) is 76.5 cm³/mol. The van der Waals surface area contributed by atoms with Crippen molar-refractivity contribution in [2.45, 2.75) is 83.5 Å². The predicted octanol–water partition coefficient (Wildman–Crippen LogP) is 2.48. The van der Waals surface area contributed by atoms with Gasteiger partial charge in [0.15, 0.2) is 0 Å². The fourth-order valence-corrected chi connectivity index (χ4v) is 2.40. The highest BCUT2D eigenvalue weighted by Crippen LogP contribution is 2.21. The molecule has 20 heavy (non-hydrogen) atoms. The first kappa shape index (κ1) is 17.0. The third kappa shape index (κ3) is 4.78. The monoisotopic (exact) mass is 285 g/mol. The van der Waals surface area contributed by atoms with Gasteiger partial charge >= 0.3 is 5.97 Å². The number of rotatable bonds is 6. The molecule has 0 spiro atoms. The van der Waals surface area contributed by atoms with Gasteiger partial charge in [-0.05, 0) is 33.1 Å². The van der Waals surface area contributed by atoms with E-state index in [1.807, 2.05) is 0 Å². The molecule has 2 atom stereocenters. The highest BCUT2D eigenvalue weighted by atomic mass is 16.5. The second kappa shape index (κ2) is 7.62. The second-order valence-electron chi connectivity index (χ2n) is 5.87. The summed E-state index contributed by atoms with van der Waals surface area (Å²) >= 11 is 0. The number of amides is 1. The fraction of sp³-hybridized carbons (Fsp3) is 0.867. The summed E-state index contributed by atoms with van der Waals surface area (Å²) in [6.45, 7) is 4.95. The van der Waals surface area contributed by atoms with Crippen LogP contribution in [0.4, 0.5) is 0 Å². The Bertz CT molecular complexity index is 337. The van der Waals surface area contributed by atoms with Crippen LogP contribution in [0.1, 0.15) is 65.7 Å². The van der Waals surface area contributed by atoms with Crippen molar-refractivity contribution in [2.75, 3.05) is 0 Å². The molecule has 2 unspecified atom stereocenters. The van der Waals surface area contributed by atoms with Crippen LogP contribution in [0.25, 0.3) is 0 Å². The number of hydrogen-bond donors (Lipinski definition) is 2. The van der Waals surface area contributed by atoms with E-state index in [0.717, 1.165) is 25.7 Å². The van der Waals surface area contributed by atoms with Gasteiger partial charge in [-0.15, -0.1) is 0 Å². The minimum atomic E-state index is -1.22. The number of carboxylic acid groups (broad SMARTS) is 1. The summed E-state index contributed by atoms with van der Waals surface area (Å²) in [5.74, 6) is -1.36. The van der Waals surface area contributed by atoms with Crippen LogP contribution in [0.5, 0.6) is 0 Å². The summed E-state index contributed by atoms with van der Waals surface area (Å²) in [5, 5.41) is 11.8. The summed E-state index contributed by atoms with van der Waals surface area (Å²) in [6, 6.07) is 0. The number of aliphatic carboxylic acids is 1. The molecule has 5 nitrogen and oxygen atoms in total. The van der Waals surface area contributed by atoms with Crippen LogP contribution in [0, 0.1) is 0 Å². The SMILES string of the molecule is CCC(C)(NC(=O)C(C)OC1CCCCCC1)C(=O)O. The Balaban J connectivity index is 2.51. The molecular formula is C15H27NO4. The molecular weight excluding hydrogens is 258 g/mol. The van der Waals surface area contributed by atoms with Gasteiger partial charge in [0, 0.05) is 0 Å². The molecule has 0 aromatic rings. The van der Waals surface area contributed by atoms with Crippen molar-refractivity contribution in [2.24, 2.45) is 0 Å². The molecule has 116 valence electrons. The lowest BCUT2D eigenvalue weighted by molar-refractivity contribution is -0.150. The Morgan fingerprint density at radius 3 is 2.30 bits per heavy atom. The summed E-state index contributed by atoms with van der Waals surface area (Å²) in [7, 11) is 0. The van der Waals surface area contributed by atoms with Crippen molar-refractivity contribution < 1.29 is 19.4 Å². The van der Waals surface area contributed by atoms with Gasteiger partial charge < -0.3 is 15.2 Å². The molecule has 5 heteroatoms. The van der Waals surface area contributed by atoms with Crippen molar-refractivity contribution in [3.63, 3.8) is 0 Å². The van der Waals surface area contributed by atoms with Gasteiger partial charge in [-0.25, -0.2) is 4.79 Å². The lowest BCUT2D eigenvalue weighted by Gasteiger charge is -2.28. The van der Waals surface area contributed by atoms with E-state index in [0.29, 0.717) is 6.42 Å². The molecule has 0 aromatic carbocycles. The Hall–Kier alpha value is -1.10. The molecule has 0 aromatic heterocycles. The van der Waals surface area contributed by atoms with Crippen LogP contribution < -0.4 is 5.32 Å². The Morgan fingerprint density at radius 2 is 1.85 bits per heavy atom. The topological polar surface area (TPSA) is 75.6 Å². The van der Waals surface area contributed by atoms with Gasteiger partial charge in [0.05, 0.1) is 6.10 Å². The van der Waals surface area contributed by atoms with Crippen molar-refractivity contribution in [1.29, 1.82) is 0 Å². The lowest BCUT2D eigenvalue weighted by Crippen LogP contribution is -2.54. The van der Waals surface area contributed by atoms with E-state index in [2.05, 4.69) is 5.32 Å². The van der Waals surface area contributed by atoms with Gasteiger partial charge in [0.1, 0.15) is 11.6 Å². The van der Waals surface area contributed by atoms with E-state index in [9.17, 15) is 9.59 Å². The van der Waals surface area contributed by atoms with Crippen molar-refractivity contribution >= 4 is 11.9 Å². The molecule has 0 radical (unpaired) electrons. The molecule has 1 aliphatic rings. The largest absolute Gasteiger partial charge is 0.480 e. The lowest BCUT2D eigenvalue weighted by atomic mass is 9.99. The molecule has 0 bridgehead atoms. The third-order valence-electron chi connectivity index (χ3n) is 4.15. The quantitative estimate of drug-likeness (QED) is 0.735. The Labute approximate surface area is 121 Å². The molecule has 1 fully saturated rings. The third-order valence-corrected chi connectivity index (χ3v) is 4.15. The summed E-state index contributed by atoms with van der Waals surface area (Å²) < 4.78 is 5.80. The normalized spacial score (nSPS) is 21.6. The van der Waals surface area contributed by atoms with Gasteiger partial charge in [-0.2, -0.15) is 0 Å². The van der Waals surface area contributed by atoms with Gasteiger partial charge in [-0.1, -0.05) is 32.6 Å². The first-order valence-corrected chi connectivity index (χ1v) is 7.60. The van der Waals surface area contributed by atoms with E-state index in [1.54, 1.807) is 13.8 Å². The van der Waals surface area contributed by atoms with E-state index >= 15 is 0 Å². The smallest absolute Gasteiger partial charge is 0.329 e. The molecule has 0 heterocycles. The number of carbonyl (C=O) groups is 2. The van der Waals surface area contributed by atoms with Gasteiger partial charge in [0.25, 0.3) is 0 Å². The minimum Gasteiger partial charge on any atom is -0.480 e. The van der Waals surface area contributed by atoms with Crippen molar-refractivity contribution in [3.8, 4) is 0 Å². The summed E-state index contributed by atoms with van der Waals surface area (Å²) in [5.41, 5.74) is -1.22. The van der Waals surface area contributed by atoms with Crippen LogP contribution in [-0.4, -0.2) is 34.7 Å². The van der Waals surface area contributed by atoms with Crippen molar-refractivity contribution in [1.82, 2.24) is 5.32 Å². The molecule has 1 amide bonds. The number of nitrogens with one attached hydrogen (secondary N) is 1.